The van der Waals surface area contributed by atoms with Gasteiger partial charge in [-0.15, -0.1) is 21.5 Å². The summed E-state index contributed by atoms with van der Waals surface area (Å²) in [5.41, 5.74) is 2.00. The Balaban J connectivity index is 1.32. The third-order valence-corrected chi connectivity index (χ3v) is 6.11. The van der Waals surface area contributed by atoms with Crippen LogP contribution in [0.15, 0.2) is 68.0 Å². The number of anilines is 1. The van der Waals surface area contributed by atoms with Crippen LogP contribution in [0.5, 0.6) is 5.75 Å². The molecule has 0 atom stereocenters. The van der Waals surface area contributed by atoms with E-state index in [2.05, 4.69) is 15.5 Å². The highest BCUT2D eigenvalue weighted by Gasteiger charge is 2.16. The summed E-state index contributed by atoms with van der Waals surface area (Å²) in [4.78, 5) is 13.4. The first-order chi connectivity index (χ1) is 14.7. The number of ether oxygens (including phenoxy) is 1. The number of nitrogens with zero attached hydrogens (tertiary/aromatic N) is 2. The van der Waals surface area contributed by atoms with Crippen molar-refractivity contribution in [1.29, 1.82) is 0 Å². The standard InChI is InChI=1S/C21H15N3O4S2/c1-26-17-9-13-12-5-2-3-6-15(12)27-16(13)10-14(17)22-19(25)11-30-21-24-23-20(28-21)18-7-4-8-29-18/h2-10H,11H2,1H3,(H,22,25). The number of thioether (sulfide) groups is 1. The van der Waals surface area contributed by atoms with Crippen molar-refractivity contribution in [1.82, 2.24) is 10.2 Å². The minimum atomic E-state index is -0.218. The number of hydrogen-bond donors (Lipinski definition) is 1. The van der Waals surface area contributed by atoms with Gasteiger partial charge in [-0.2, -0.15) is 0 Å². The lowest BCUT2D eigenvalue weighted by molar-refractivity contribution is -0.113. The van der Waals surface area contributed by atoms with Crippen LogP contribution < -0.4 is 10.1 Å². The van der Waals surface area contributed by atoms with Gasteiger partial charge in [0.15, 0.2) is 0 Å². The molecule has 0 radical (unpaired) electrons. The zero-order chi connectivity index (χ0) is 20.5. The van der Waals surface area contributed by atoms with E-state index in [0.29, 0.717) is 28.1 Å². The quantitative estimate of drug-likeness (QED) is 0.354. The van der Waals surface area contributed by atoms with Crippen LogP contribution in [-0.2, 0) is 4.79 Å². The van der Waals surface area contributed by atoms with Gasteiger partial charge in [0.05, 0.1) is 23.4 Å². The first-order valence-corrected chi connectivity index (χ1v) is 10.9. The summed E-state index contributed by atoms with van der Waals surface area (Å²) in [5, 5.41) is 15.1. The van der Waals surface area contributed by atoms with Crippen molar-refractivity contribution in [2.24, 2.45) is 0 Å². The molecular weight excluding hydrogens is 422 g/mol. The average molecular weight is 438 g/mol. The first-order valence-electron chi connectivity index (χ1n) is 9.00. The number of furan rings is 1. The molecule has 7 nitrogen and oxygen atoms in total. The van der Waals surface area contributed by atoms with E-state index >= 15 is 0 Å². The van der Waals surface area contributed by atoms with Crippen molar-refractivity contribution < 1.29 is 18.4 Å². The van der Waals surface area contributed by atoms with Crippen LogP contribution in [-0.4, -0.2) is 29.0 Å². The van der Waals surface area contributed by atoms with E-state index in [4.69, 9.17) is 13.6 Å². The predicted octanol–water partition coefficient (Wildman–Crippen LogP) is 5.44. The van der Waals surface area contributed by atoms with E-state index < -0.39 is 0 Å². The van der Waals surface area contributed by atoms with Crippen LogP contribution in [0.4, 0.5) is 5.69 Å². The van der Waals surface area contributed by atoms with Crippen LogP contribution >= 0.6 is 23.1 Å². The van der Waals surface area contributed by atoms with Crippen molar-refractivity contribution in [2.45, 2.75) is 5.22 Å². The molecule has 150 valence electrons. The summed E-state index contributed by atoms with van der Waals surface area (Å²) in [6, 6.07) is 15.2. The van der Waals surface area contributed by atoms with Gasteiger partial charge in [0.2, 0.25) is 5.91 Å². The Morgan fingerprint density at radius 2 is 2.00 bits per heavy atom. The molecule has 0 saturated heterocycles. The monoisotopic (exact) mass is 437 g/mol. The Bertz CT molecular complexity index is 1340. The molecule has 0 bridgehead atoms. The first kappa shape index (κ1) is 18.7. The molecule has 1 amide bonds. The Kier molecular flexibility index (Phi) is 4.89. The van der Waals surface area contributed by atoms with Crippen LogP contribution in [0.2, 0.25) is 0 Å². The second-order valence-electron chi connectivity index (χ2n) is 6.33. The number of thiophene rings is 1. The van der Waals surface area contributed by atoms with Crippen molar-refractivity contribution in [3.8, 4) is 16.5 Å². The highest BCUT2D eigenvalue weighted by Crippen LogP contribution is 2.36. The lowest BCUT2D eigenvalue weighted by atomic mass is 10.1. The second-order valence-corrected chi connectivity index (χ2v) is 8.21. The number of aromatic nitrogens is 2. The normalized spacial score (nSPS) is 11.2. The summed E-state index contributed by atoms with van der Waals surface area (Å²) in [7, 11) is 1.57. The highest BCUT2D eigenvalue weighted by atomic mass is 32.2. The van der Waals surface area contributed by atoms with E-state index in [1.165, 1.54) is 23.1 Å². The SMILES string of the molecule is COc1cc2c(cc1NC(=O)CSc1nnc(-c3cccs3)o1)oc1ccccc12. The largest absolute Gasteiger partial charge is 0.495 e. The average Bonchev–Trinajstić information content (AvgIpc) is 3.50. The van der Waals surface area contributed by atoms with E-state index in [1.54, 1.807) is 13.2 Å². The third-order valence-electron chi connectivity index (χ3n) is 4.44. The summed E-state index contributed by atoms with van der Waals surface area (Å²) in [6.45, 7) is 0. The fraction of sp³-hybridized carbons (Fsp3) is 0.0952. The number of para-hydroxylation sites is 1. The van der Waals surface area contributed by atoms with Crippen molar-refractivity contribution in [3.05, 3.63) is 53.9 Å². The Morgan fingerprint density at radius 3 is 2.83 bits per heavy atom. The summed E-state index contributed by atoms with van der Waals surface area (Å²) in [6.07, 6.45) is 0. The van der Waals surface area contributed by atoms with Crippen molar-refractivity contribution in [3.63, 3.8) is 0 Å². The molecule has 30 heavy (non-hydrogen) atoms. The number of carbonyl (C=O) groups is 1. The molecule has 3 aromatic heterocycles. The van der Waals surface area contributed by atoms with E-state index in [1.807, 2.05) is 47.8 Å². The molecule has 0 aliphatic carbocycles. The van der Waals surface area contributed by atoms with Gasteiger partial charge in [-0.3, -0.25) is 4.79 Å². The Morgan fingerprint density at radius 1 is 1.10 bits per heavy atom. The molecule has 0 unspecified atom stereocenters. The molecule has 0 saturated carbocycles. The Hall–Kier alpha value is -3.30. The number of nitrogens with one attached hydrogen (secondary N) is 1. The second kappa shape index (κ2) is 7.85. The fourth-order valence-electron chi connectivity index (χ4n) is 3.10. The summed E-state index contributed by atoms with van der Waals surface area (Å²) >= 11 is 2.69. The maximum atomic E-state index is 12.5. The minimum Gasteiger partial charge on any atom is -0.495 e. The Labute approximate surface area is 179 Å². The van der Waals surface area contributed by atoms with Gasteiger partial charge in [0, 0.05) is 16.8 Å². The molecule has 0 aliphatic heterocycles. The molecule has 3 heterocycles. The zero-order valence-corrected chi connectivity index (χ0v) is 17.4. The lowest BCUT2D eigenvalue weighted by Crippen LogP contribution is -2.14. The molecule has 5 rings (SSSR count). The van der Waals surface area contributed by atoms with Gasteiger partial charge in [-0.05, 0) is 23.6 Å². The number of rotatable bonds is 6. The molecule has 0 spiro atoms. The number of carbonyl (C=O) groups excluding carboxylic acids is 1. The van der Waals surface area contributed by atoms with Gasteiger partial charge in [0.25, 0.3) is 11.1 Å². The smallest absolute Gasteiger partial charge is 0.277 e. The number of benzene rings is 2. The van der Waals surface area contributed by atoms with Gasteiger partial charge < -0.3 is 18.9 Å². The molecule has 9 heteroatoms. The zero-order valence-electron chi connectivity index (χ0n) is 15.7. The van der Waals surface area contributed by atoms with E-state index in [-0.39, 0.29) is 11.7 Å². The molecule has 0 fully saturated rings. The van der Waals surface area contributed by atoms with Crippen LogP contribution in [0.3, 0.4) is 0 Å². The van der Waals surface area contributed by atoms with Crippen molar-refractivity contribution >= 4 is 56.6 Å². The maximum Gasteiger partial charge on any atom is 0.277 e. The molecule has 2 aromatic carbocycles. The lowest BCUT2D eigenvalue weighted by Gasteiger charge is -2.09. The molecular formula is C21H15N3O4S2. The number of amides is 1. The maximum absolute atomic E-state index is 12.5. The molecule has 1 N–H and O–H groups in total. The van der Waals surface area contributed by atoms with E-state index in [9.17, 15) is 4.79 Å². The summed E-state index contributed by atoms with van der Waals surface area (Å²) < 4.78 is 17.0. The van der Waals surface area contributed by atoms with Gasteiger partial charge in [-0.25, -0.2) is 0 Å². The van der Waals surface area contributed by atoms with Gasteiger partial charge in [-0.1, -0.05) is 36.0 Å². The van der Waals surface area contributed by atoms with Gasteiger partial charge in [0.1, 0.15) is 16.9 Å². The number of methoxy groups -OCH3 is 1. The van der Waals surface area contributed by atoms with Crippen molar-refractivity contribution in [2.75, 3.05) is 18.2 Å². The molecule has 5 aromatic rings. The summed E-state index contributed by atoms with van der Waals surface area (Å²) in [5.74, 6) is 0.910. The van der Waals surface area contributed by atoms with Crippen LogP contribution in [0.1, 0.15) is 0 Å². The number of fused-ring (bicyclic) bond motifs is 3. The topological polar surface area (TPSA) is 90.4 Å². The fourth-order valence-corrected chi connectivity index (χ4v) is 4.31. The predicted molar refractivity (Wildman–Crippen MR) is 117 cm³/mol. The van der Waals surface area contributed by atoms with Crippen LogP contribution in [0.25, 0.3) is 32.7 Å². The highest BCUT2D eigenvalue weighted by molar-refractivity contribution is 7.99. The van der Waals surface area contributed by atoms with Gasteiger partial charge >= 0.3 is 0 Å². The number of hydrogen-bond acceptors (Lipinski definition) is 8. The van der Waals surface area contributed by atoms with Crippen LogP contribution in [0, 0.1) is 0 Å². The third kappa shape index (κ3) is 3.53. The van der Waals surface area contributed by atoms with E-state index in [0.717, 1.165) is 21.2 Å². The minimum absolute atomic E-state index is 0.118. The molecule has 0 aliphatic rings.